The van der Waals surface area contributed by atoms with Gasteiger partial charge in [0, 0.05) is 92.9 Å². The van der Waals surface area contributed by atoms with Gasteiger partial charge in [-0.2, -0.15) is 0 Å². The number of phenols is 1. The molecule has 1 unspecified atom stereocenters. The zero-order valence-corrected chi connectivity index (χ0v) is 37.6. The fourth-order valence-corrected chi connectivity index (χ4v) is 6.65. The van der Waals surface area contributed by atoms with Gasteiger partial charge < -0.3 is 66.5 Å². The molecule has 20 nitrogen and oxygen atoms in total. The summed E-state index contributed by atoms with van der Waals surface area (Å²) in [6.07, 6.45) is 6.56. The molecule has 2 aromatic rings. The highest BCUT2D eigenvalue weighted by molar-refractivity contribution is 7.80. The van der Waals surface area contributed by atoms with Gasteiger partial charge in [0.1, 0.15) is 23.1 Å². The molecule has 0 radical (unpaired) electrons. The average Bonchev–Trinajstić information content (AvgIpc) is 3.29. The smallest absolute Gasteiger partial charge is 0.336 e. The molecule has 0 aromatic heterocycles. The number of thiocarbonyl (C=S) groups is 1. The molecule has 0 bridgehead atoms. The maximum atomic E-state index is 12.9. The standard InChI is InChI=1S/C46H55N7O13S/c1-2-3-6-40(57)48-16-4-19-63-21-23-65-24-22-64-20-5-17-49-42(59)28-51-44(60)36(13-14-39(47)56)53-41(58)15-18-50-46(67)52-29-7-10-32(35(25-29)45(61)62)43-33-11-8-30(54)26-37(33)66-38-27-31(55)9-12-34(38)43/h1,7-12,25-27,36,54H,3-6,13-24,28H2,(H2,47,56)(H,48,57)(H,49,59)(H,51,60)(H,53,58)(H,61,62)(H2,50,52,67). The molecule has 0 saturated carbocycles. The third-order valence-corrected chi connectivity index (χ3v) is 9.91. The number of amides is 5. The highest BCUT2D eigenvalue weighted by atomic mass is 32.1. The fourth-order valence-electron chi connectivity index (χ4n) is 6.43. The minimum absolute atomic E-state index is 0.000654. The van der Waals surface area contributed by atoms with Crippen LogP contribution in [0.4, 0.5) is 5.69 Å². The topological polar surface area (TPSA) is 299 Å². The maximum absolute atomic E-state index is 12.9. The van der Waals surface area contributed by atoms with E-state index in [9.17, 15) is 43.8 Å². The molecule has 358 valence electrons. The molecular formula is C46H55N7O13S. The zero-order valence-electron chi connectivity index (χ0n) is 36.7. The first-order valence-electron chi connectivity index (χ1n) is 21.4. The Labute approximate surface area is 391 Å². The van der Waals surface area contributed by atoms with Crippen LogP contribution in [0.5, 0.6) is 5.75 Å². The molecule has 67 heavy (non-hydrogen) atoms. The number of anilines is 1. The Morgan fingerprint density at radius 3 is 2.10 bits per heavy atom. The minimum Gasteiger partial charge on any atom is -0.508 e. The van der Waals surface area contributed by atoms with Gasteiger partial charge in [-0.15, -0.1) is 12.3 Å². The average molecular weight is 946 g/mol. The Kier molecular flexibility index (Phi) is 22.0. The van der Waals surface area contributed by atoms with E-state index in [-0.39, 0.29) is 78.0 Å². The number of aromatic carboxylic acids is 1. The van der Waals surface area contributed by atoms with E-state index in [2.05, 4.69) is 37.8 Å². The Hall–Kier alpha value is -7.12. The van der Waals surface area contributed by atoms with Crippen molar-refractivity contribution >= 4 is 69.5 Å². The van der Waals surface area contributed by atoms with Crippen molar-refractivity contribution in [2.75, 3.05) is 71.1 Å². The number of ether oxygens (including phenoxy) is 3. The third kappa shape index (κ3) is 18.4. The van der Waals surface area contributed by atoms with Crippen molar-refractivity contribution in [1.29, 1.82) is 0 Å². The number of aromatic hydroxyl groups is 1. The molecule has 21 heteroatoms. The molecule has 10 N–H and O–H groups in total. The number of nitrogens with two attached hydrogens (primary N) is 1. The number of rotatable bonds is 29. The monoisotopic (exact) mass is 945 g/mol. The summed E-state index contributed by atoms with van der Waals surface area (Å²) in [5.41, 5.74) is 6.67. The number of benzene rings is 3. The first-order chi connectivity index (χ1) is 32.2. The number of nitrogens with one attached hydrogen (secondary N) is 6. The number of terminal acetylenes is 1. The summed E-state index contributed by atoms with van der Waals surface area (Å²) in [7, 11) is 0. The molecule has 1 aliphatic heterocycles. The number of hydrogen-bond donors (Lipinski definition) is 9. The van der Waals surface area contributed by atoms with Crippen LogP contribution in [0.3, 0.4) is 0 Å². The fraction of sp³-hybridized carbons (Fsp3) is 0.391. The van der Waals surface area contributed by atoms with Crippen LogP contribution in [-0.4, -0.2) is 123 Å². The first kappa shape index (κ1) is 52.5. The normalized spacial score (nSPS) is 11.3. The van der Waals surface area contributed by atoms with Gasteiger partial charge in [0.15, 0.2) is 10.5 Å². The van der Waals surface area contributed by atoms with Crippen LogP contribution in [-0.2, 0) is 38.2 Å². The van der Waals surface area contributed by atoms with Crippen LogP contribution < -0.4 is 43.1 Å². The molecular weight excluding hydrogens is 891 g/mol. The molecule has 1 atom stereocenters. The van der Waals surface area contributed by atoms with E-state index in [0.717, 1.165) is 0 Å². The Morgan fingerprint density at radius 2 is 1.43 bits per heavy atom. The Morgan fingerprint density at radius 1 is 0.761 bits per heavy atom. The van der Waals surface area contributed by atoms with Crippen molar-refractivity contribution in [2.24, 2.45) is 5.73 Å². The van der Waals surface area contributed by atoms with Crippen LogP contribution in [0.1, 0.15) is 55.3 Å². The van der Waals surface area contributed by atoms with E-state index in [1.165, 1.54) is 30.3 Å². The summed E-state index contributed by atoms with van der Waals surface area (Å²) in [6, 6.07) is 11.9. The number of carbonyl (C=O) groups excluding carboxylic acids is 5. The summed E-state index contributed by atoms with van der Waals surface area (Å²) >= 11 is 5.38. The van der Waals surface area contributed by atoms with Crippen molar-refractivity contribution in [3.05, 3.63) is 70.4 Å². The molecule has 0 spiro atoms. The molecule has 1 aliphatic carbocycles. The van der Waals surface area contributed by atoms with E-state index < -0.39 is 35.6 Å². The minimum atomic E-state index is -1.25. The second kappa shape index (κ2) is 28.0. The maximum Gasteiger partial charge on any atom is 0.336 e. The summed E-state index contributed by atoms with van der Waals surface area (Å²) in [4.78, 5) is 85.9. The van der Waals surface area contributed by atoms with Crippen molar-refractivity contribution in [2.45, 2.75) is 51.0 Å². The summed E-state index contributed by atoms with van der Waals surface area (Å²) < 4.78 is 22.3. The van der Waals surface area contributed by atoms with Crippen molar-refractivity contribution in [3.8, 4) is 40.5 Å². The van der Waals surface area contributed by atoms with E-state index in [1.54, 1.807) is 24.3 Å². The molecule has 2 aromatic carbocycles. The predicted molar refractivity (Wildman–Crippen MR) is 251 cm³/mol. The first-order valence-corrected chi connectivity index (χ1v) is 21.8. The van der Waals surface area contributed by atoms with Gasteiger partial charge in [0.2, 0.25) is 29.5 Å². The van der Waals surface area contributed by atoms with Crippen LogP contribution in [0, 0.1) is 12.3 Å². The van der Waals surface area contributed by atoms with E-state index in [4.69, 9.17) is 43.0 Å². The number of primary amides is 1. The highest BCUT2D eigenvalue weighted by Crippen LogP contribution is 2.42. The molecule has 1 heterocycles. The second-order valence-corrected chi connectivity index (χ2v) is 15.2. The zero-order chi connectivity index (χ0) is 48.6. The summed E-state index contributed by atoms with van der Waals surface area (Å²) in [6.45, 7) is 2.76. The lowest BCUT2D eigenvalue weighted by molar-refractivity contribution is -0.131. The van der Waals surface area contributed by atoms with Gasteiger partial charge >= 0.3 is 5.97 Å². The van der Waals surface area contributed by atoms with Gasteiger partial charge in [-0.1, -0.05) is 6.07 Å². The molecule has 2 aliphatic rings. The van der Waals surface area contributed by atoms with Crippen LogP contribution in [0.15, 0.2) is 63.8 Å². The number of hydrogen-bond acceptors (Lipinski definition) is 13. The number of phenolic OH excluding ortho intramolecular Hbond substituents is 1. The predicted octanol–water partition coefficient (Wildman–Crippen LogP) is 1.99. The van der Waals surface area contributed by atoms with Crippen molar-refractivity contribution < 1.29 is 57.6 Å². The lowest BCUT2D eigenvalue weighted by Crippen LogP contribution is -2.49. The molecule has 4 rings (SSSR count). The van der Waals surface area contributed by atoms with Crippen LogP contribution >= 0.6 is 12.2 Å². The molecule has 0 saturated heterocycles. The van der Waals surface area contributed by atoms with Gasteiger partial charge in [-0.25, -0.2) is 4.79 Å². The van der Waals surface area contributed by atoms with Gasteiger partial charge in [-0.05, 0) is 73.4 Å². The quantitative estimate of drug-likeness (QED) is 0.0163. The largest absolute Gasteiger partial charge is 0.508 e. The second-order valence-electron chi connectivity index (χ2n) is 14.8. The Bertz CT molecular complexity index is 2440. The van der Waals surface area contributed by atoms with E-state index in [0.29, 0.717) is 99.6 Å². The summed E-state index contributed by atoms with van der Waals surface area (Å²) in [5.74, 6) is -1.22. The number of carboxylic acid groups (broad SMARTS) is 1. The van der Waals surface area contributed by atoms with E-state index >= 15 is 0 Å². The summed E-state index contributed by atoms with van der Waals surface area (Å²) in [5, 5.41) is 37.1. The lowest BCUT2D eigenvalue weighted by Gasteiger charge is -2.19. The SMILES string of the molecule is C#CCCC(=O)NCCCOCCOCCOCCCNC(=O)CNC(=O)C(CCC(N)=O)NC(=O)CCNC(=S)Nc1ccc(-c2c3ccc(=O)cc-3oc3cc(O)ccc23)c(C(=O)O)c1. The molecule has 0 fully saturated rings. The van der Waals surface area contributed by atoms with Gasteiger partial charge in [-0.3, -0.25) is 28.8 Å². The van der Waals surface area contributed by atoms with Crippen LogP contribution in [0.2, 0.25) is 0 Å². The number of carboxylic acids is 1. The van der Waals surface area contributed by atoms with Crippen LogP contribution in [0.25, 0.3) is 33.4 Å². The molecule has 5 amide bonds. The lowest BCUT2D eigenvalue weighted by atomic mass is 9.90. The highest BCUT2D eigenvalue weighted by Gasteiger charge is 2.24. The number of fused-ring (bicyclic) bond motifs is 2. The Balaban J connectivity index is 1.14. The van der Waals surface area contributed by atoms with Gasteiger partial charge in [0.25, 0.3) is 0 Å². The number of carbonyl (C=O) groups is 6. The van der Waals surface area contributed by atoms with Crippen molar-refractivity contribution in [1.82, 2.24) is 26.6 Å². The third-order valence-electron chi connectivity index (χ3n) is 9.66. The van der Waals surface area contributed by atoms with Gasteiger partial charge in [0.05, 0.1) is 38.5 Å². The van der Waals surface area contributed by atoms with Crippen molar-refractivity contribution in [3.63, 3.8) is 0 Å². The van der Waals surface area contributed by atoms with E-state index in [1.807, 2.05) is 0 Å².